The maximum absolute atomic E-state index is 13.1. The molecule has 3 fully saturated rings. The number of amides is 3. The highest BCUT2D eigenvalue weighted by Gasteiger charge is 2.42. The van der Waals surface area contributed by atoms with Gasteiger partial charge in [-0.2, -0.15) is 0 Å². The number of carbonyl (C=O) groups excluding carboxylic acids is 3. The molecule has 7 nitrogen and oxygen atoms in total. The fourth-order valence-electron chi connectivity index (χ4n) is 6.19. The second-order valence-electron chi connectivity index (χ2n) is 10.4. The van der Waals surface area contributed by atoms with Gasteiger partial charge in [-0.25, -0.2) is 0 Å². The van der Waals surface area contributed by atoms with Gasteiger partial charge in [0, 0.05) is 49.1 Å². The van der Waals surface area contributed by atoms with Gasteiger partial charge in [0.05, 0.1) is 5.02 Å². The molecule has 3 amide bonds. The van der Waals surface area contributed by atoms with Crippen LogP contribution in [0.25, 0.3) is 0 Å². The minimum absolute atomic E-state index is 0.0503. The lowest BCUT2D eigenvalue weighted by Crippen LogP contribution is -2.57. The molecule has 3 atom stereocenters. The Morgan fingerprint density at radius 3 is 2.50 bits per heavy atom. The normalized spacial score (nSPS) is 27.0. The van der Waals surface area contributed by atoms with E-state index in [0.717, 1.165) is 32.4 Å². The SMILES string of the molecule is O=C1CC[C@@H](N2Cc3c(ccc(O[C@@H]4CCCC[C@H]4N4CC(c5ccccc5)C4)c3Cl)C2=O)C(=O)N1. The maximum atomic E-state index is 13.1. The van der Waals surface area contributed by atoms with Crippen molar-refractivity contribution in [2.45, 2.75) is 69.2 Å². The van der Waals surface area contributed by atoms with Crippen molar-refractivity contribution in [3.63, 3.8) is 0 Å². The Morgan fingerprint density at radius 1 is 0.944 bits per heavy atom. The van der Waals surface area contributed by atoms with Crippen LogP contribution in [-0.2, 0) is 16.1 Å². The van der Waals surface area contributed by atoms with E-state index < -0.39 is 11.9 Å². The number of carbonyl (C=O) groups is 3. The lowest BCUT2D eigenvalue weighted by molar-refractivity contribution is -0.136. The van der Waals surface area contributed by atoms with Crippen LogP contribution in [-0.4, -0.2) is 58.8 Å². The number of imide groups is 1. The van der Waals surface area contributed by atoms with Gasteiger partial charge in [0.2, 0.25) is 11.8 Å². The van der Waals surface area contributed by atoms with E-state index in [1.807, 2.05) is 0 Å². The van der Waals surface area contributed by atoms with Crippen molar-refractivity contribution < 1.29 is 19.1 Å². The average molecular weight is 508 g/mol. The van der Waals surface area contributed by atoms with Crippen LogP contribution in [0.5, 0.6) is 5.75 Å². The summed E-state index contributed by atoms with van der Waals surface area (Å²) in [6.45, 7) is 2.33. The molecule has 3 heterocycles. The number of piperidine rings is 1. The van der Waals surface area contributed by atoms with E-state index in [9.17, 15) is 14.4 Å². The molecular formula is C28H30ClN3O4. The summed E-state index contributed by atoms with van der Waals surface area (Å²) in [4.78, 5) is 41.0. The van der Waals surface area contributed by atoms with Crippen LogP contribution >= 0.6 is 11.6 Å². The monoisotopic (exact) mass is 507 g/mol. The molecule has 4 aliphatic rings. The molecule has 6 rings (SSSR count). The van der Waals surface area contributed by atoms with Gasteiger partial charge in [0.15, 0.2) is 0 Å². The molecule has 0 aromatic heterocycles. The highest BCUT2D eigenvalue weighted by atomic mass is 35.5. The van der Waals surface area contributed by atoms with E-state index in [0.29, 0.717) is 40.3 Å². The Bertz CT molecular complexity index is 1200. The Labute approximate surface area is 215 Å². The number of fused-ring (bicyclic) bond motifs is 1. The molecule has 2 aromatic rings. The number of benzene rings is 2. The standard InChI is InChI=1S/C28H30ClN3O4/c29-26-20-16-32(22-11-13-25(33)30-27(22)34)28(35)19(20)10-12-24(26)36-23-9-5-4-8-21(23)31-14-18(15-31)17-6-2-1-3-7-17/h1-3,6-7,10,12,18,21-23H,4-5,8-9,11,13-16H2,(H,30,33,34)/t21-,22-,23-/m1/s1. The van der Waals surface area contributed by atoms with E-state index in [4.69, 9.17) is 16.3 Å². The summed E-state index contributed by atoms with van der Waals surface area (Å²) in [5, 5.41) is 2.79. The van der Waals surface area contributed by atoms with Crippen LogP contribution in [0, 0.1) is 0 Å². The smallest absolute Gasteiger partial charge is 0.255 e. The van der Waals surface area contributed by atoms with E-state index in [-0.39, 0.29) is 30.9 Å². The van der Waals surface area contributed by atoms with Gasteiger partial charge in [-0.1, -0.05) is 48.4 Å². The van der Waals surface area contributed by atoms with Crippen molar-refractivity contribution in [2.75, 3.05) is 13.1 Å². The van der Waals surface area contributed by atoms with Gasteiger partial charge in [0.1, 0.15) is 17.9 Å². The molecular weight excluding hydrogens is 478 g/mol. The number of ether oxygens (including phenoxy) is 1. The Kier molecular flexibility index (Phi) is 6.21. The van der Waals surface area contributed by atoms with Gasteiger partial charge in [0.25, 0.3) is 5.91 Å². The molecule has 0 bridgehead atoms. The summed E-state index contributed by atoms with van der Waals surface area (Å²) in [5.41, 5.74) is 2.60. The summed E-state index contributed by atoms with van der Waals surface area (Å²) in [6.07, 6.45) is 5.02. The van der Waals surface area contributed by atoms with E-state index >= 15 is 0 Å². The lowest BCUT2D eigenvalue weighted by atomic mass is 9.84. The first kappa shape index (κ1) is 23.5. The quantitative estimate of drug-likeness (QED) is 0.621. The number of nitrogens with zero attached hydrogens (tertiary/aromatic N) is 2. The molecule has 3 aliphatic heterocycles. The molecule has 0 unspecified atom stereocenters. The van der Waals surface area contributed by atoms with Crippen molar-refractivity contribution in [3.8, 4) is 5.75 Å². The summed E-state index contributed by atoms with van der Waals surface area (Å²) < 4.78 is 6.55. The highest BCUT2D eigenvalue weighted by molar-refractivity contribution is 6.33. The minimum atomic E-state index is -0.658. The zero-order valence-electron chi connectivity index (χ0n) is 20.1. The fourth-order valence-corrected chi connectivity index (χ4v) is 6.46. The van der Waals surface area contributed by atoms with E-state index in [1.165, 1.54) is 16.9 Å². The van der Waals surface area contributed by atoms with Crippen molar-refractivity contribution in [1.29, 1.82) is 0 Å². The van der Waals surface area contributed by atoms with E-state index in [1.54, 1.807) is 12.1 Å². The largest absolute Gasteiger partial charge is 0.487 e. The zero-order chi connectivity index (χ0) is 24.8. The zero-order valence-corrected chi connectivity index (χ0v) is 20.9. The first-order chi connectivity index (χ1) is 17.5. The van der Waals surface area contributed by atoms with Crippen LogP contribution in [0.15, 0.2) is 42.5 Å². The fraction of sp³-hybridized carbons (Fsp3) is 0.464. The molecule has 0 radical (unpaired) electrons. The molecule has 2 saturated heterocycles. The van der Waals surface area contributed by atoms with Gasteiger partial charge < -0.3 is 9.64 Å². The number of rotatable bonds is 5. The maximum Gasteiger partial charge on any atom is 0.255 e. The number of halogens is 1. The number of nitrogens with one attached hydrogen (secondary N) is 1. The molecule has 1 saturated carbocycles. The highest BCUT2D eigenvalue weighted by Crippen LogP contribution is 2.40. The Hall–Kier alpha value is -2.90. The third kappa shape index (κ3) is 4.18. The van der Waals surface area contributed by atoms with Gasteiger partial charge in [-0.3, -0.25) is 24.6 Å². The summed E-state index contributed by atoms with van der Waals surface area (Å²) >= 11 is 6.81. The topological polar surface area (TPSA) is 79.0 Å². The first-order valence-electron chi connectivity index (χ1n) is 12.9. The number of hydrogen-bond acceptors (Lipinski definition) is 5. The number of hydrogen-bond donors (Lipinski definition) is 1. The molecule has 0 spiro atoms. The van der Waals surface area contributed by atoms with Crippen LogP contribution in [0.2, 0.25) is 5.02 Å². The lowest BCUT2D eigenvalue weighted by Gasteiger charge is -2.48. The number of likely N-dealkylation sites (tertiary alicyclic amines) is 1. The van der Waals surface area contributed by atoms with Gasteiger partial charge in [-0.15, -0.1) is 0 Å². The van der Waals surface area contributed by atoms with Crippen LogP contribution < -0.4 is 10.1 Å². The second-order valence-corrected chi connectivity index (χ2v) is 10.8. The predicted octanol–water partition coefficient (Wildman–Crippen LogP) is 3.89. The Morgan fingerprint density at radius 2 is 1.72 bits per heavy atom. The van der Waals surface area contributed by atoms with Crippen LogP contribution in [0.3, 0.4) is 0 Å². The third-order valence-corrected chi connectivity index (χ3v) is 8.62. The molecule has 8 heteroatoms. The van der Waals surface area contributed by atoms with Crippen LogP contribution in [0.4, 0.5) is 0 Å². The summed E-state index contributed by atoms with van der Waals surface area (Å²) in [5.74, 6) is 0.227. The van der Waals surface area contributed by atoms with Crippen LogP contribution in [0.1, 0.15) is 65.9 Å². The first-order valence-corrected chi connectivity index (χ1v) is 13.3. The molecule has 1 N–H and O–H groups in total. The summed E-state index contributed by atoms with van der Waals surface area (Å²) in [6, 6.07) is 13.9. The van der Waals surface area contributed by atoms with E-state index in [2.05, 4.69) is 40.5 Å². The molecule has 188 valence electrons. The summed E-state index contributed by atoms with van der Waals surface area (Å²) in [7, 11) is 0. The van der Waals surface area contributed by atoms with Gasteiger partial charge in [-0.05, 0) is 43.4 Å². The molecule has 1 aliphatic carbocycles. The molecule has 36 heavy (non-hydrogen) atoms. The Balaban J connectivity index is 1.16. The molecule has 2 aromatic carbocycles. The average Bonchev–Trinajstić information content (AvgIpc) is 3.18. The second kappa shape index (κ2) is 9.52. The van der Waals surface area contributed by atoms with Crippen molar-refractivity contribution in [3.05, 3.63) is 64.2 Å². The van der Waals surface area contributed by atoms with Crippen molar-refractivity contribution >= 4 is 29.3 Å². The predicted molar refractivity (Wildman–Crippen MR) is 135 cm³/mol. The third-order valence-electron chi connectivity index (χ3n) is 8.21. The van der Waals surface area contributed by atoms with Crippen molar-refractivity contribution in [1.82, 2.24) is 15.1 Å². The van der Waals surface area contributed by atoms with Gasteiger partial charge >= 0.3 is 0 Å². The minimum Gasteiger partial charge on any atom is -0.487 e. The van der Waals surface area contributed by atoms with Crippen molar-refractivity contribution in [2.24, 2.45) is 0 Å².